The quantitative estimate of drug-likeness (QED) is 0.180. The van der Waals surface area contributed by atoms with Gasteiger partial charge in [0.2, 0.25) is 0 Å². The van der Waals surface area contributed by atoms with E-state index in [0.717, 1.165) is 40.8 Å². The van der Waals surface area contributed by atoms with Gasteiger partial charge in [0.1, 0.15) is 22.5 Å². The standard InChI is InChI=1S/C46H37NO2/c1-29-11-9-12-31(27-29)33-13-3-5-17-39(33)47(32-22-24-36-38-16-7-8-26-46(38,2)49-43(36)28-32)40-18-10-15-35-34(40)23-20-30-21-25-42-45(44(30)35)37-14-4-6-19-41(37)48-42/h3-16,18-26,28-29,38-39H,17,27H2,1-2H3. The fourth-order valence-corrected chi connectivity index (χ4v) is 8.80. The number of fused-ring (bicyclic) bond motifs is 10. The van der Waals surface area contributed by atoms with Crippen LogP contribution in [0.1, 0.15) is 38.2 Å². The first-order valence-electron chi connectivity index (χ1n) is 17.5. The number of hydrogen-bond acceptors (Lipinski definition) is 3. The Bertz CT molecular complexity index is 2540. The highest BCUT2D eigenvalue weighted by Crippen LogP contribution is 2.51. The molecule has 1 aromatic heterocycles. The molecule has 49 heavy (non-hydrogen) atoms. The zero-order valence-electron chi connectivity index (χ0n) is 27.8. The van der Waals surface area contributed by atoms with Crippen LogP contribution >= 0.6 is 0 Å². The summed E-state index contributed by atoms with van der Waals surface area (Å²) in [6.45, 7) is 4.51. The van der Waals surface area contributed by atoms with Gasteiger partial charge in [-0.1, -0.05) is 116 Å². The Morgan fingerprint density at radius 1 is 0.755 bits per heavy atom. The number of hydrogen-bond donors (Lipinski definition) is 0. The average Bonchev–Trinajstić information content (AvgIpc) is 3.66. The Kier molecular flexibility index (Phi) is 6.24. The molecule has 1 aliphatic heterocycles. The number of allylic oxidation sites excluding steroid dienone is 7. The molecule has 0 saturated heterocycles. The highest BCUT2D eigenvalue weighted by molar-refractivity contribution is 6.27. The van der Waals surface area contributed by atoms with Gasteiger partial charge in [0.25, 0.3) is 0 Å². The summed E-state index contributed by atoms with van der Waals surface area (Å²) in [6, 6.07) is 31.1. The maximum Gasteiger partial charge on any atom is 0.136 e. The number of anilines is 2. The molecule has 0 radical (unpaired) electrons. The molecule has 6 aromatic rings. The van der Waals surface area contributed by atoms with Crippen molar-refractivity contribution in [2.45, 2.75) is 44.2 Å². The molecule has 5 aromatic carbocycles. The highest BCUT2D eigenvalue weighted by atomic mass is 16.5. The van der Waals surface area contributed by atoms with Gasteiger partial charge in [-0.15, -0.1) is 0 Å². The first kappa shape index (κ1) is 28.5. The Hall–Kier alpha value is -5.54. The second kappa shape index (κ2) is 10.7. The van der Waals surface area contributed by atoms with Crippen molar-refractivity contribution in [2.24, 2.45) is 5.92 Å². The molecular weight excluding hydrogens is 599 g/mol. The van der Waals surface area contributed by atoms with Crippen LogP contribution in [0.2, 0.25) is 0 Å². The third-order valence-electron chi connectivity index (χ3n) is 11.1. The largest absolute Gasteiger partial charge is 0.482 e. The van der Waals surface area contributed by atoms with Crippen molar-refractivity contribution in [3.63, 3.8) is 0 Å². The zero-order valence-corrected chi connectivity index (χ0v) is 27.8. The minimum absolute atomic E-state index is 0.110. The molecule has 0 spiro atoms. The number of rotatable bonds is 4. The topological polar surface area (TPSA) is 25.6 Å². The summed E-state index contributed by atoms with van der Waals surface area (Å²) in [5.41, 5.74) is 7.85. The fraction of sp³-hybridized carbons (Fsp3) is 0.174. The van der Waals surface area contributed by atoms with Crippen molar-refractivity contribution >= 4 is 54.9 Å². The minimum Gasteiger partial charge on any atom is -0.482 e. The third-order valence-corrected chi connectivity index (χ3v) is 11.1. The van der Waals surface area contributed by atoms with Gasteiger partial charge in [0.05, 0.1) is 6.04 Å². The van der Waals surface area contributed by atoms with E-state index in [4.69, 9.17) is 9.15 Å². The summed E-state index contributed by atoms with van der Waals surface area (Å²) in [7, 11) is 0. The number of furan rings is 1. The lowest BCUT2D eigenvalue weighted by atomic mass is 9.82. The summed E-state index contributed by atoms with van der Waals surface area (Å²) in [5, 5.41) is 7.24. The summed E-state index contributed by atoms with van der Waals surface area (Å²) < 4.78 is 13.1. The van der Waals surface area contributed by atoms with Crippen LogP contribution in [0.3, 0.4) is 0 Å². The predicted octanol–water partition coefficient (Wildman–Crippen LogP) is 12.2. The van der Waals surface area contributed by atoms with E-state index in [0.29, 0.717) is 5.92 Å². The molecule has 3 aliphatic carbocycles. The van der Waals surface area contributed by atoms with Crippen LogP contribution in [-0.4, -0.2) is 11.6 Å². The van der Waals surface area contributed by atoms with Gasteiger partial charge in [-0.2, -0.15) is 0 Å². The molecule has 4 aliphatic rings. The van der Waals surface area contributed by atoms with E-state index in [1.54, 1.807) is 0 Å². The van der Waals surface area contributed by atoms with Crippen molar-refractivity contribution in [2.75, 3.05) is 4.90 Å². The van der Waals surface area contributed by atoms with Gasteiger partial charge in [0.15, 0.2) is 0 Å². The van der Waals surface area contributed by atoms with Crippen LogP contribution in [0, 0.1) is 5.92 Å². The van der Waals surface area contributed by atoms with Crippen LogP contribution < -0.4 is 9.64 Å². The van der Waals surface area contributed by atoms with Crippen molar-refractivity contribution in [1.82, 2.24) is 0 Å². The van der Waals surface area contributed by atoms with E-state index in [-0.39, 0.29) is 17.6 Å². The SMILES string of the molecule is CC1C=CC=C(C2=CC=CCC2N(c2ccc3c(c2)OC2(C)C=CC=CC32)c2cccc3c2ccc2ccc4oc5ccccc5c4c23)C1. The number of para-hydroxylation sites is 1. The monoisotopic (exact) mass is 635 g/mol. The Morgan fingerprint density at radius 2 is 1.65 bits per heavy atom. The lowest BCUT2D eigenvalue weighted by molar-refractivity contribution is 0.155. The second-order valence-electron chi connectivity index (χ2n) is 14.2. The highest BCUT2D eigenvalue weighted by Gasteiger charge is 2.43. The van der Waals surface area contributed by atoms with Crippen LogP contribution in [-0.2, 0) is 0 Å². The van der Waals surface area contributed by atoms with Gasteiger partial charge < -0.3 is 14.1 Å². The molecule has 238 valence electrons. The summed E-state index contributed by atoms with van der Waals surface area (Å²) in [6.07, 6.45) is 24.4. The maximum atomic E-state index is 6.77. The first-order valence-corrected chi connectivity index (χ1v) is 17.5. The van der Waals surface area contributed by atoms with E-state index in [1.807, 2.05) is 6.07 Å². The van der Waals surface area contributed by atoms with Crippen molar-refractivity contribution in [3.8, 4) is 5.75 Å². The molecule has 0 bridgehead atoms. The van der Waals surface area contributed by atoms with Gasteiger partial charge in [-0.3, -0.25) is 0 Å². The summed E-state index contributed by atoms with van der Waals surface area (Å²) >= 11 is 0. The molecule has 0 saturated carbocycles. The van der Waals surface area contributed by atoms with Crippen LogP contribution in [0.5, 0.6) is 5.75 Å². The average molecular weight is 636 g/mol. The summed E-state index contributed by atoms with van der Waals surface area (Å²) in [4.78, 5) is 2.58. The van der Waals surface area contributed by atoms with Crippen LogP contribution in [0.4, 0.5) is 11.4 Å². The predicted molar refractivity (Wildman–Crippen MR) is 204 cm³/mol. The summed E-state index contributed by atoms with van der Waals surface area (Å²) in [5.74, 6) is 1.68. The molecule has 3 heteroatoms. The van der Waals surface area contributed by atoms with Gasteiger partial charge in [-0.25, -0.2) is 0 Å². The van der Waals surface area contributed by atoms with E-state index in [9.17, 15) is 0 Å². The number of benzene rings is 5. The van der Waals surface area contributed by atoms with E-state index in [2.05, 4.69) is 158 Å². The molecule has 0 N–H and O–H groups in total. The van der Waals surface area contributed by atoms with Gasteiger partial charge >= 0.3 is 0 Å². The molecule has 0 fully saturated rings. The van der Waals surface area contributed by atoms with Crippen molar-refractivity contribution in [1.29, 1.82) is 0 Å². The maximum absolute atomic E-state index is 6.77. The number of nitrogens with zero attached hydrogens (tertiary/aromatic N) is 1. The third kappa shape index (κ3) is 4.35. The van der Waals surface area contributed by atoms with E-state index in [1.165, 1.54) is 49.3 Å². The molecular formula is C46H37NO2. The molecule has 4 atom stereocenters. The lowest BCUT2D eigenvalue weighted by Gasteiger charge is -2.38. The normalized spacial score (nSPS) is 23.9. The van der Waals surface area contributed by atoms with Gasteiger partial charge in [0, 0.05) is 50.5 Å². The van der Waals surface area contributed by atoms with E-state index < -0.39 is 0 Å². The Morgan fingerprint density at radius 3 is 2.59 bits per heavy atom. The smallest absolute Gasteiger partial charge is 0.136 e. The first-order chi connectivity index (χ1) is 24.1. The van der Waals surface area contributed by atoms with Crippen LogP contribution in [0.25, 0.3) is 43.5 Å². The molecule has 10 rings (SSSR count). The lowest BCUT2D eigenvalue weighted by Crippen LogP contribution is -2.34. The molecule has 4 unspecified atom stereocenters. The van der Waals surface area contributed by atoms with Crippen LogP contribution in [0.15, 0.2) is 161 Å². The van der Waals surface area contributed by atoms with Crippen molar-refractivity contribution in [3.05, 3.63) is 162 Å². The van der Waals surface area contributed by atoms with E-state index >= 15 is 0 Å². The molecule has 0 amide bonds. The fourth-order valence-electron chi connectivity index (χ4n) is 8.80. The molecule has 3 nitrogen and oxygen atoms in total. The van der Waals surface area contributed by atoms with Gasteiger partial charge in [-0.05, 0) is 77.9 Å². The Balaban J connectivity index is 1.22. The van der Waals surface area contributed by atoms with Crippen molar-refractivity contribution < 1.29 is 9.15 Å². The Labute approximate surface area is 286 Å². The molecule has 2 heterocycles. The number of ether oxygens (including phenoxy) is 1. The second-order valence-corrected chi connectivity index (χ2v) is 14.2. The zero-order chi connectivity index (χ0) is 32.7. The minimum atomic E-state index is -0.369.